The molecule has 1 N–H and O–H groups in total. The zero-order valence-electron chi connectivity index (χ0n) is 20.6. The lowest BCUT2D eigenvalue weighted by Crippen LogP contribution is -2.51. The molecule has 1 amide bonds. The first-order valence-corrected chi connectivity index (χ1v) is 13.3. The molecule has 6 nitrogen and oxygen atoms in total. The van der Waals surface area contributed by atoms with Gasteiger partial charge in [0.15, 0.2) is 0 Å². The number of carbonyl (C=O) groups excluding carboxylic acids is 1. The number of ether oxygens (including phenoxy) is 1. The predicted octanol–water partition coefficient (Wildman–Crippen LogP) is 3.15. The minimum atomic E-state index is 0.197. The van der Waals surface area contributed by atoms with Crippen LogP contribution in [0.15, 0.2) is 30.3 Å². The summed E-state index contributed by atoms with van der Waals surface area (Å²) in [5, 5.41) is 3.36. The minimum Gasteiger partial charge on any atom is -0.383 e. The molecule has 1 unspecified atom stereocenters. The number of methoxy groups -OCH3 is 1. The van der Waals surface area contributed by atoms with E-state index in [-0.39, 0.29) is 5.92 Å². The zero-order chi connectivity index (χ0) is 22.9. The maximum atomic E-state index is 12.8. The van der Waals surface area contributed by atoms with E-state index in [4.69, 9.17) is 4.74 Å². The van der Waals surface area contributed by atoms with Crippen molar-refractivity contribution < 1.29 is 9.53 Å². The van der Waals surface area contributed by atoms with E-state index >= 15 is 0 Å². The lowest BCUT2D eigenvalue weighted by Gasteiger charge is -2.42. The van der Waals surface area contributed by atoms with Gasteiger partial charge in [0.25, 0.3) is 0 Å². The molecule has 3 aliphatic rings. The molecular weight excluding hydrogens is 412 g/mol. The topological polar surface area (TPSA) is 48.1 Å². The molecule has 1 saturated carbocycles. The summed E-state index contributed by atoms with van der Waals surface area (Å²) < 4.78 is 5.27. The number of nitrogens with zero attached hydrogens (tertiary/aromatic N) is 3. The molecule has 1 atom stereocenters. The van der Waals surface area contributed by atoms with Crippen molar-refractivity contribution in [2.75, 3.05) is 66.1 Å². The predicted molar refractivity (Wildman–Crippen MR) is 133 cm³/mol. The third-order valence-electron chi connectivity index (χ3n) is 7.98. The molecule has 2 saturated heterocycles. The van der Waals surface area contributed by atoms with Crippen molar-refractivity contribution in [3.63, 3.8) is 0 Å². The third-order valence-corrected chi connectivity index (χ3v) is 7.98. The smallest absolute Gasteiger partial charge is 0.223 e. The SMILES string of the molecule is COCCN1CCN(C(CN2CCC(C(=O)NC3CCCCC3)CC2)c2ccccc2)CC1. The maximum Gasteiger partial charge on any atom is 0.223 e. The van der Waals surface area contributed by atoms with Crippen molar-refractivity contribution in [2.24, 2.45) is 5.92 Å². The van der Waals surface area contributed by atoms with Crippen LogP contribution in [0.25, 0.3) is 0 Å². The standard InChI is InChI=1S/C27H44N4O2/c1-33-21-20-29-16-18-31(19-17-29)26(23-8-4-2-5-9-23)22-30-14-12-24(13-15-30)27(32)28-25-10-6-3-7-11-25/h2,4-5,8-9,24-26H,3,6-7,10-22H2,1H3,(H,28,32). The van der Waals surface area contributed by atoms with Crippen LogP contribution in [-0.4, -0.2) is 92.7 Å². The number of piperazine rings is 1. The minimum absolute atomic E-state index is 0.197. The van der Waals surface area contributed by atoms with Gasteiger partial charge in [-0.05, 0) is 44.3 Å². The highest BCUT2D eigenvalue weighted by molar-refractivity contribution is 5.79. The molecule has 2 aliphatic heterocycles. The Balaban J connectivity index is 1.29. The number of amides is 1. The molecule has 0 spiro atoms. The number of benzene rings is 1. The highest BCUT2D eigenvalue weighted by atomic mass is 16.5. The van der Waals surface area contributed by atoms with Gasteiger partial charge < -0.3 is 15.0 Å². The number of hydrogen-bond donors (Lipinski definition) is 1. The van der Waals surface area contributed by atoms with E-state index in [1.807, 2.05) is 0 Å². The highest BCUT2D eigenvalue weighted by Gasteiger charge is 2.31. The monoisotopic (exact) mass is 456 g/mol. The summed E-state index contributed by atoms with van der Waals surface area (Å²) in [5.74, 6) is 0.510. The summed E-state index contributed by atoms with van der Waals surface area (Å²) in [5.41, 5.74) is 1.42. The van der Waals surface area contributed by atoms with Crippen molar-refractivity contribution >= 4 is 5.91 Å². The van der Waals surface area contributed by atoms with Gasteiger partial charge in [-0.25, -0.2) is 0 Å². The van der Waals surface area contributed by atoms with Crippen LogP contribution < -0.4 is 5.32 Å². The summed E-state index contributed by atoms with van der Waals surface area (Å²) in [4.78, 5) is 20.6. The number of likely N-dealkylation sites (tertiary alicyclic amines) is 1. The molecular formula is C27H44N4O2. The third kappa shape index (κ3) is 7.25. The van der Waals surface area contributed by atoms with E-state index in [1.165, 1.54) is 37.7 Å². The zero-order valence-corrected chi connectivity index (χ0v) is 20.6. The number of piperidine rings is 1. The van der Waals surface area contributed by atoms with E-state index in [2.05, 4.69) is 50.3 Å². The van der Waals surface area contributed by atoms with E-state index in [0.29, 0.717) is 18.0 Å². The van der Waals surface area contributed by atoms with E-state index in [0.717, 1.165) is 71.8 Å². The number of hydrogen-bond acceptors (Lipinski definition) is 5. The highest BCUT2D eigenvalue weighted by Crippen LogP contribution is 2.27. The molecule has 1 aromatic carbocycles. The van der Waals surface area contributed by atoms with Crippen molar-refractivity contribution in [3.05, 3.63) is 35.9 Å². The van der Waals surface area contributed by atoms with Crippen molar-refractivity contribution in [1.29, 1.82) is 0 Å². The lowest BCUT2D eigenvalue weighted by molar-refractivity contribution is -0.127. The fourth-order valence-electron chi connectivity index (χ4n) is 5.81. The molecule has 4 rings (SSSR count). The van der Waals surface area contributed by atoms with Gasteiger partial charge in [-0.2, -0.15) is 0 Å². The quantitative estimate of drug-likeness (QED) is 0.619. The maximum absolute atomic E-state index is 12.8. The molecule has 0 aromatic heterocycles. The Morgan fingerprint density at radius 3 is 2.30 bits per heavy atom. The summed E-state index contributed by atoms with van der Waals surface area (Å²) >= 11 is 0. The largest absolute Gasteiger partial charge is 0.383 e. The molecule has 184 valence electrons. The van der Waals surface area contributed by atoms with Crippen LogP contribution >= 0.6 is 0 Å². The van der Waals surface area contributed by atoms with Crippen LogP contribution in [0.5, 0.6) is 0 Å². The fourth-order valence-corrected chi connectivity index (χ4v) is 5.81. The molecule has 1 aliphatic carbocycles. The molecule has 1 aromatic rings. The van der Waals surface area contributed by atoms with Crippen molar-refractivity contribution in [2.45, 2.75) is 57.0 Å². The van der Waals surface area contributed by atoms with Crippen LogP contribution in [-0.2, 0) is 9.53 Å². The van der Waals surface area contributed by atoms with Gasteiger partial charge in [0.2, 0.25) is 5.91 Å². The van der Waals surface area contributed by atoms with Crippen LogP contribution in [0.3, 0.4) is 0 Å². The second-order valence-corrected chi connectivity index (χ2v) is 10.2. The molecule has 0 bridgehead atoms. The average Bonchev–Trinajstić information content (AvgIpc) is 2.88. The normalized spacial score (nSPS) is 23.4. The Morgan fingerprint density at radius 2 is 1.64 bits per heavy atom. The van der Waals surface area contributed by atoms with Gasteiger partial charge >= 0.3 is 0 Å². The van der Waals surface area contributed by atoms with Crippen LogP contribution in [0.1, 0.15) is 56.6 Å². The van der Waals surface area contributed by atoms with Gasteiger partial charge in [0, 0.05) is 64.4 Å². The van der Waals surface area contributed by atoms with Gasteiger partial charge in [-0.1, -0.05) is 49.6 Å². The van der Waals surface area contributed by atoms with Gasteiger partial charge in [0.1, 0.15) is 0 Å². The summed E-state index contributed by atoms with van der Waals surface area (Å²) in [7, 11) is 1.78. The van der Waals surface area contributed by atoms with Crippen molar-refractivity contribution in [3.8, 4) is 0 Å². The van der Waals surface area contributed by atoms with Crippen LogP contribution in [0, 0.1) is 5.92 Å². The Hall–Kier alpha value is -1.47. The summed E-state index contributed by atoms with van der Waals surface area (Å²) in [6, 6.07) is 11.9. The average molecular weight is 457 g/mol. The van der Waals surface area contributed by atoms with Gasteiger partial charge in [-0.15, -0.1) is 0 Å². The van der Waals surface area contributed by atoms with Gasteiger partial charge in [-0.3, -0.25) is 14.6 Å². The number of nitrogens with one attached hydrogen (secondary N) is 1. The lowest BCUT2D eigenvalue weighted by atomic mass is 9.92. The first-order valence-electron chi connectivity index (χ1n) is 13.3. The fraction of sp³-hybridized carbons (Fsp3) is 0.741. The summed E-state index contributed by atoms with van der Waals surface area (Å²) in [6.07, 6.45) is 8.19. The van der Waals surface area contributed by atoms with E-state index < -0.39 is 0 Å². The molecule has 6 heteroatoms. The van der Waals surface area contributed by atoms with Crippen molar-refractivity contribution in [1.82, 2.24) is 20.0 Å². The molecule has 33 heavy (non-hydrogen) atoms. The molecule has 0 radical (unpaired) electrons. The second kappa shape index (κ2) is 12.8. The van der Waals surface area contributed by atoms with Crippen LogP contribution in [0.4, 0.5) is 0 Å². The Kier molecular flexibility index (Phi) is 9.59. The molecule has 3 fully saturated rings. The Bertz CT molecular complexity index is 693. The molecule has 2 heterocycles. The number of carbonyl (C=O) groups is 1. The first-order chi connectivity index (χ1) is 16.2. The van der Waals surface area contributed by atoms with Crippen LogP contribution in [0.2, 0.25) is 0 Å². The second-order valence-electron chi connectivity index (χ2n) is 10.2. The van der Waals surface area contributed by atoms with E-state index in [9.17, 15) is 4.79 Å². The Morgan fingerprint density at radius 1 is 0.939 bits per heavy atom. The van der Waals surface area contributed by atoms with E-state index in [1.54, 1.807) is 7.11 Å². The summed E-state index contributed by atoms with van der Waals surface area (Å²) in [6.45, 7) is 9.36. The number of rotatable bonds is 9. The Labute approximate surface area is 200 Å². The first kappa shape index (κ1) is 24.6. The van der Waals surface area contributed by atoms with Gasteiger partial charge in [0.05, 0.1) is 6.61 Å².